The van der Waals surface area contributed by atoms with Gasteiger partial charge < -0.3 is 10.0 Å². The van der Waals surface area contributed by atoms with Crippen LogP contribution in [0, 0.1) is 11.8 Å². The fourth-order valence-electron chi connectivity index (χ4n) is 2.75. The first-order chi connectivity index (χ1) is 9.13. The fourth-order valence-corrected chi connectivity index (χ4v) is 2.75. The molecule has 108 valence electrons. The van der Waals surface area contributed by atoms with Gasteiger partial charge in [0.05, 0.1) is 11.8 Å². The van der Waals surface area contributed by atoms with Crippen molar-refractivity contribution in [3.63, 3.8) is 0 Å². The van der Waals surface area contributed by atoms with Crippen LogP contribution >= 0.6 is 0 Å². The molecule has 2 rings (SSSR count). The Balaban J connectivity index is 1.69. The van der Waals surface area contributed by atoms with Crippen LogP contribution in [0.2, 0.25) is 0 Å². The summed E-state index contributed by atoms with van der Waals surface area (Å²) in [5.74, 6) is -1.43. The second-order valence-corrected chi connectivity index (χ2v) is 5.66. The molecular formula is C14H24N2O3. The smallest absolute Gasteiger partial charge is 0.307 e. The lowest BCUT2D eigenvalue weighted by molar-refractivity contribution is -0.142. The van der Waals surface area contributed by atoms with E-state index in [2.05, 4.69) is 11.8 Å². The summed E-state index contributed by atoms with van der Waals surface area (Å²) in [5.41, 5.74) is 0. The van der Waals surface area contributed by atoms with Crippen molar-refractivity contribution < 1.29 is 14.7 Å². The summed E-state index contributed by atoms with van der Waals surface area (Å²) >= 11 is 0. The molecule has 1 aliphatic heterocycles. The third kappa shape index (κ3) is 3.69. The van der Waals surface area contributed by atoms with Crippen LogP contribution in [0.3, 0.4) is 0 Å². The highest BCUT2D eigenvalue weighted by atomic mass is 16.4. The monoisotopic (exact) mass is 268 g/mol. The van der Waals surface area contributed by atoms with Crippen LogP contribution in [0.5, 0.6) is 0 Å². The lowest BCUT2D eigenvalue weighted by Crippen LogP contribution is -2.49. The summed E-state index contributed by atoms with van der Waals surface area (Å²) in [4.78, 5) is 27.1. The van der Waals surface area contributed by atoms with E-state index in [1.807, 2.05) is 4.90 Å². The molecule has 1 amide bonds. The third-order valence-electron chi connectivity index (χ3n) is 4.19. The Labute approximate surface area is 114 Å². The van der Waals surface area contributed by atoms with E-state index in [1.54, 1.807) is 0 Å². The van der Waals surface area contributed by atoms with Crippen molar-refractivity contribution in [2.45, 2.75) is 32.6 Å². The Hall–Kier alpha value is -1.10. The molecule has 2 atom stereocenters. The summed E-state index contributed by atoms with van der Waals surface area (Å²) < 4.78 is 0. The van der Waals surface area contributed by atoms with Gasteiger partial charge in [0.15, 0.2) is 0 Å². The number of carbonyl (C=O) groups is 2. The molecule has 5 nitrogen and oxygen atoms in total. The van der Waals surface area contributed by atoms with Gasteiger partial charge in [-0.25, -0.2) is 0 Å². The van der Waals surface area contributed by atoms with Crippen molar-refractivity contribution in [1.82, 2.24) is 9.80 Å². The van der Waals surface area contributed by atoms with Crippen molar-refractivity contribution in [3.8, 4) is 0 Å². The Morgan fingerprint density at radius 1 is 1.11 bits per heavy atom. The number of aliphatic carboxylic acids is 1. The molecule has 0 aromatic carbocycles. The molecule has 0 spiro atoms. The highest BCUT2D eigenvalue weighted by Gasteiger charge is 2.49. The summed E-state index contributed by atoms with van der Waals surface area (Å²) in [5, 5.41) is 8.85. The molecule has 2 fully saturated rings. The number of unbranched alkanes of at least 4 members (excludes halogenated alkanes) is 2. The average molecular weight is 268 g/mol. The van der Waals surface area contributed by atoms with Gasteiger partial charge in [-0.1, -0.05) is 19.8 Å². The van der Waals surface area contributed by atoms with E-state index >= 15 is 0 Å². The maximum Gasteiger partial charge on any atom is 0.307 e. The minimum absolute atomic E-state index is 0.0561. The van der Waals surface area contributed by atoms with Crippen LogP contribution in [0.4, 0.5) is 0 Å². The van der Waals surface area contributed by atoms with Crippen molar-refractivity contribution >= 4 is 11.9 Å². The van der Waals surface area contributed by atoms with Crippen molar-refractivity contribution in [1.29, 1.82) is 0 Å². The summed E-state index contributed by atoms with van der Waals surface area (Å²) in [7, 11) is 0. The molecule has 1 heterocycles. The maximum absolute atomic E-state index is 12.1. The first-order valence-electron chi connectivity index (χ1n) is 7.37. The topological polar surface area (TPSA) is 60.9 Å². The predicted molar refractivity (Wildman–Crippen MR) is 71.8 cm³/mol. The molecular weight excluding hydrogens is 244 g/mol. The number of carboxylic acid groups (broad SMARTS) is 1. The number of carboxylic acids is 1. The number of rotatable bonds is 6. The Kier molecular flexibility index (Phi) is 4.80. The zero-order valence-corrected chi connectivity index (χ0v) is 11.7. The van der Waals surface area contributed by atoms with Crippen molar-refractivity contribution in [2.24, 2.45) is 11.8 Å². The predicted octanol–water partition coefficient (Wildman–Crippen LogP) is 1.04. The third-order valence-corrected chi connectivity index (χ3v) is 4.19. The first-order valence-corrected chi connectivity index (χ1v) is 7.37. The normalized spacial score (nSPS) is 27.3. The Morgan fingerprint density at radius 2 is 1.79 bits per heavy atom. The standard InChI is InChI=1S/C14H24N2O3/c1-2-3-4-5-15-6-8-16(9-7-15)13(17)11-10-12(11)14(18)19/h11-12H,2-10H2,1H3,(H,18,19). The van der Waals surface area contributed by atoms with Gasteiger partial charge >= 0.3 is 5.97 Å². The van der Waals surface area contributed by atoms with Crippen LogP contribution in [0.1, 0.15) is 32.6 Å². The van der Waals surface area contributed by atoms with Gasteiger partial charge in [0.25, 0.3) is 0 Å². The molecule has 2 unspecified atom stereocenters. The molecule has 0 aromatic heterocycles. The fraction of sp³-hybridized carbons (Fsp3) is 0.857. The number of piperazine rings is 1. The minimum atomic E-state index is -0.823. The molecule has 5 heteroatoms. The van der Waals surface area contributed by atoms with E-state index in [1.165, 1.54) is 19.3 Å². The van der Waals surface area contributed by atoms with Gasteiger partial charge in [0.2, 0.25) is 5.91 Å². The van der Waals surface area contributed by atoms with Gasteiger partial charge in [-0.15, -0.1) is 0 Å². The summed E-state index contributed by atoms with van der Waals surface area (Å²) in [6.45, 7) is 6.70. The van der Waals surface area contributed by atoms with Crippen molar-refractivity contribution in [2.75, 3.05) is 32.7 Å². The molecule has 0 aromatic rings. The van der Waals surface area contributed by atoms with Crippen molar-refractivity contribution in [3.05, 3.63) is 0 Å². The SMILES string of the molecule is CCCCCN1CCN(C(=O)C2CC2C(=O)O)CC1. The van der Waals surface area contributed by atoms with Gasteiger partial charge in [-0.05, 0) is 19.4 Å². The number of hydrogen-bond donors (Lipinski definition) is 1. The molecule has 1 aliphatic carbocycles. The molecule has 0 radical (unpaired) electrons. The zero-order valence-electron chi connectivity index (χ0n) is 11.7. The molecule has 2 aliphatic rings. The highest BCUT2D eigenvalue weighted by Crippen LogP contribution is 2.40. The molecule has 0 bridgehead atoms. The van der Waals surface area contributed by atoms with E-state index in [9.17, 15) is 9.59 Å². The number of nitrogens with zero attached hydrogens (tertiary/aromatic N) is 2. The number of amides is 1. The van der Waals surface area contributed by atoms with E-state index in [4.69, 9.17) is 5.11 Å². The van der Waals surface area contributed by atoms with E-state index in [0.717, 1.165) is 32.7 Å². The second kappa shape index (κ2) is 6.37. The minimum Gasteiger partial charge on any atom is -0.481 e. The van der Waals surface area contributed by atoms with Gasteiger partial charge in [-0.3, -0.25) is 14.5 Å². The molecule has 1 N–H and O–H groups in total. The zero-order chi connectivity index (χ0) is 13.8. The quantitative estimate of drug-likeness (QED) is 0.731. The van der Waals surface area contributed by atoms with Crippen LogP contribution in [0.15, 0.2) is 0 Å². The molecule has 1 saturated heterocycles. The van der Waals surface area contributed by atoms with E-state index < -0.39 is 11.9 Å². The summed E-state index contributed by atoms with van der Waals surface area (Å²) in [6, 6.07) is 0. The average Bonchev–Trinajstić information content (AvgIpc) is 3.19. The first kappa shape index (κ1) is 14.3. The van der Waals surface area contributed by atoms with Crippen LogP contribution in [0.25, 0.3) is 0 Å². The largest absolute Gasteiger partial charge is 0.481 e. The molecule has 19 heavy (non-hydrogen) atoms. The van der Waals surface area contributed by atoms with E-state index in [0.29, 0.717) is 6.42 Å². The lowest BCUT2D eigenvalue weighted by Gasteiger charge is -2.35. The Bertz CT molecular complexity index is 338. The van der Waals surface area contributed by atoms with E-state index in [-0.39, 0.29) is 11.8 Å². The number of carbonyl (C=O) groups excluding carboxylic acids is 1. The number of hydrogen-bond acceptors (Lipinski definition) is 3. The van der Waals surface area contributed by atoms with Gasteiger partial charge in [0.1, 0.15) is 0 Å². The van der Waals surface area contributed by atoms with Gasteiger partial charge in [-0.2, -0.15) is 0 Å². The van der Waals surface area contributed by atoms with Crippen LogP contribution in [-0.2, 0) is 9.59 Å². The van der Waals surface area contributed by atoms with Gasteiger partial charge in [0, 0.05) is 26.2 Å². The highest BCUT2D eigenvalue weighted by molar-refractivity contribution is 5.89. The second-order valence-electron chi connectivity index (χ2n) is 5.66. The van der Waals surface area contributed by atoms with Crippen LogP contribution < -0.4 is 0 Å². The summed E-state index contributed by atoms with van der Waals surface area (Å²) in [6.07, 6.45) is 4.26. The Morgan fingerprint density at radius 3 is 2.32 bits per heavy atom. The van der Waals surface area contributed by atoms with Crippen LogP contribution in [-0.4, -0.2) is 59.5 Å². The lowest BCUT2D eigenvalue weighted by atomic mass is 10.2. The molecule has 1 saturated carbocycles. The maximum atomic E-state index is 12.1.